The van der Waals surface area contributed by atoms with Crippen molar-refractivity contribution in [3.63, 3.8) is 0 Å². The van der Waals surface area contributed by atoms with Crippen LogP contribution >= 0.6 is 11.3 Å². The average Bonchev–Trinajstić information content (AvgIpc) is 3.32. The number of fused-ring (bicyclic) bond motifs is 5. The lowest BCUT2D eigenvalue weighted by Crippen LogP contribution is -2.34. The van der Waals surface area contributed by atoms with E-state index in [0.29, 0.717) is 21.5 Å². The summed E-state index contributed by atoms with van der Waals surface area (Å²) in [5.74, 6) is 0. The van der Waals surface area contributed by atoms with Crippen molar-refractivity contribution in [2.75, 3.05) is 0 Å². The first-order valence-corrected chi connectivity index (χ1v) is 11.7. The van der Waals surface area contributed by atoms with Gasteiger partial charge in [0.05, 0.1) is 22.7 Å². The lowest BCUT2D eigenvalue weighted by molar-refractivity contribution is 0.331. The van der Waals surface area contributed by atoms with Gasteiger partial charge in [0.1, 0.15) is 0 Å². The number of aryl methyl sites for hydroxylation is 1. The first kappa shape index (κ1) is 12.5. The van der Waals surface area contributed by atoms with Gasteiger partial charge < -0.3 is 0 Å². The van der Waals surface area contributed by atoms with Gasteiger partial charge in [-0.1, -0.05) is 63.9 Å². The third-order valence-electron chi connectivity index (χ3n) is 7.00. The number of hydrogen-bond donors (Lipinski definition) is 0. The molecule has 5 aromatic rings. The van der Waals surface area contributed by atoms with Gasteiger partial charge in [-0.15, -0.1) is 11.3 Å². The minimum atomic E-state index is -0.464. The topological polar surface area (TPSA) is 12.9 Å². The van der Waals surface area contributed by atoms with E-state index in [1.807, 2.05) is 0 Å². The fraction of sp³-hybridized carbons (Fsp3) is 0.300. The third kappa shape index (κ3) is 2.79. The summed E-state index contributed by atoms with van der Waals surface area (Å²) in [6, 6.07) is -0.493. The molecule has 160 valence electrons. The van der Waals surface area contributed by atoms with Gasteiger partial charge in [0.25, 0.3) is 0 Å². The monoisotopic (exact) mass is 444 g/mol. The average molecular weight is 445 g/mol. The lowest BCUT2D eigenvalue weighted by atomic mass is 9.62. The highest BCUT2D eigenvalue weighted by molar-refractivity contribution is 7.26. The number of nitrogens with zero attached hydrogens (tertiary/aromatic N) is 1. The van der Waals surface area contributed by atoms with Crippen molar-refractivity contribution in [3.05, 3.63) is 77.3 Å². The molecule has 0 amide bonds. The zero-order chi connectivity index (χ0) is 30.1. The van der Waals surface area contributed by atoms with Crippen LogP contribution in [0.1, 0.15) is 69.6 Å². The lowest BCUT2D eigenvalue weighted by Gasteiger charge is -2.43. The molecule has 0 aliphatic heterocycles. The molecule has 1 nitrogen and oxygen atoms in total. The van der Waals surface area contributed by atoms with Crippen molar-refractivity contribution in [3.8, 4) is 11.3 Å². The number of thiophene rings is 1. The first-order valence-electron chi connectivity index (χ1n) is 15.4. The quantitative estimate of drug-likeness (QED) is 0.251. The number of benzene rings is 3. The van der Waals surface area contributed by atoms with E-state index in [4.69, 9.17) is 11.0 Å². The summed E-state index contributed by atoms with van der Waals surface area (Å²) in [5, 5.41) is 1.09. The standard InChI is InChI=1S/C30H29NS/c1-18-25-24(29(2,3)13-14-30(25,4)5)17-23-22-12-15-31-26(28(22)32-27(18)23)21-11-10-19-8-6-7-9-20(19)16-21/h6-12,15-17H,13-14H2,1-5H3/i6D,7D,8D,9D,10D,11D,12D,15D,17D. The molecule has 0 saturated heterocycles. The van der Waals surface area contributed by atoms with Crippen molar-refractivity contribution in [1.82, 2.24) is 4.98 Å². The Morgan fingerprint density at radius 1 is 0.875 bits per heavy atom. The Labute approximate surface area is 206 Å². The number of aromatic nitrogens is 1. The smallest absolute Gasteiger partial charge is 0.0880 e. The molecule has 0 saturated carbocycles. The molecule has 0 atom stereocenters. The SMILES string of the molecule is [2H]c1nc(-c2cc3c([2H])c([2H])c([2H])c([2H])c3c([2H])c2[2H])c2sc3c(C)c4c(c([2H])c3c2c1[2H])C(C)(C)CCC4(C)C. The normalized spacial score (nSPS) is 21.1. The summed E-state index contributed by atoms with van der Waals surface area (Å²) < 4.78 is 78.8. The van der Waals surface area contributed by atoms with Gasteiger partial charge in [0, 0.05) is 27.2 Å². The maximum atomic E-state index is 9.46. The van der Waals surface area contributed by atoms with Gasteiger partial charge in [-0.3, -0.25) is 4.98 Å². The van der Waals surface area contributed by atoms with E-state index in [1.54, 1.807) is 0 Å². The van der Waals surface area contributed by atoms with Gasteiger partial charge >= 0.3 is 0 Å². The van der Waals surface area contributed by atoms with Crippen molar-refractivity contribution in [1.29, 1.82) is 0 Å². The number of hydrogen-bond acceptors (Lipinski definition) is 2. The Morgan fingerprint density at radius 3 is 2.44 bits per heavy atom. The Balaban J connectivity index is 1.81. The van der Waals surface area contributed by atoms with E-state index in [0.717, 1.165) is 34.2 Å². The van der Waals surface area contributed by atoms with Crippen LogP contribution in [-0.4, -0.2) is 4.98 Å². The van der Waals surface area contributed by atoms with Gasteiger partial charge in [-0.25, -0.2) is 0 Å². The molecule has 0 unspecified atom stereocenters. The van der Waals surface area contributed by atoms with Crippen LogP contribution in [-0.2, 0) is 10.8 Å². The van der Waals surface area contributed by atoms with Gasteiger partial charge in [-0.05, 0) is 76.2 Å². The van der Waals surface area contributed by atoms with Gasteiger partial charge in [0.2, 0.25) is 0 Å². The first-order chi connectivity index (χ1) is 19.0. The summed E-state index contributed by atoms with van der Waals surface area (Å²) in [6.07, 6.45) is 1.59. The van der Waals surface area contributed by atoms with E-state index in [9.17, 15) is 1.37 Å². The Hall–Kier alpha value is -2.71. The van der Waals surface area contributed by atoms with E-state index >= 15 is 0 Å². The van der Waals surface area contributed by atoms with Crippen LogP contribution in [0.3, 0.4) is 0 Å². The van der Waals surface area contributed by atoms with Crippen LogP contribution < -0.4 is 0 Å². The van der Waals surface area contributed by atoms with E-state index in [2.05, 4.69) is 39.6 Å². The maximum Gasteiger partial charge on any atom is 0.0880 e. The van der Waals surface area contributed by atoms with Crippen LogP contribution in [0.5, 0.6) is 0 Å². The Kier molecular flexibility index (Phi) is 2.60. The zero-order valence-corrected chi connectivity index (χ0v) is 19.7. The molecule has 1 aliphatic carbocycles. The molecular formula is C30H29NS. The van der Waals surface area contributed by atoms with Crippen molar-refractivity contribution >= 4 is 42.3 Å². The molecule has 1 aliphatic rings. The van der Waals surface area contributed by atoms with Crippen LogP contribution in [0.25, 0.3) is 42.2 Å². The predicted octanol–water partition coefficient (Wildman–Crippen LogP) is 8.93. The molecule has 32 heavy (non-hydrogen) atoms. The molecule has 2 aromatic heterocycles. The zero-order valence-electron chi connectivity index (χ0n) is 27.8. The molecule has 2 heterocycles. The summed E-state index contributed by atoms with van der Waals surface area (Å²) >= 11 is 1.37. The molecule has 0 N–H and O–H groups in total. The fourth-order valence-corrected chi connectivity index (χ4v) is 6.38. The second kappa shape index (κ2) is 6.65. The van der Waals surface area contributed by atoms with E-state index in [1.165, 1.54) is 17.4 Å². The molecule has 0 radical (unpaired) electrons. The summed E-state index contributed by atoms with van der Waals surface area (Å²) in [7, 11) is 0. The Morgan fingerprint density at radius 2 is 1.62 bits per heavy atom. The Bertz CT molecular complexity index is 2010. The fourth-order valence-electron chi connectivity index (χ4n) is 5.16. The largest absolute Gasteiger partial charge is 0.255 e. The van der Waals surface area contributed by atoms with Crippen LogP contribution in [0, 0.1) is 6.92 Å². The molecule has 0 spiro atoms. The minimum absolute atomic E-state index is 0.0398. The van der Waals surface area contributed by atoms with Gasteiger partial charge in [-0.2, -0.15) is 0 Å². The highest BCUT2D eigenvalue weighted by Gasteiger charge is 2.39. The van der Waals surface area contributed by atoms with Gasteiger partial charge in [0.15, 0.2) is 0 Å². The summed E-state index contributed by atoms with van der Waals surface area (Å²) in [5.41, 5.74) is 3.16. The summed E-state index contributed by atoms with van der Waals surface area (Å²) in [6.45, 7) is 10.8. The number of rotatable bonds is 1. The molecular weight excluding hydrogens is 406 g/mol. The highest BCUT2D eigenvalue weighted by atomic mass is 32.1. The van der Waals surface area contributed by atoms with Crippen molar-refractivity contribution in [2.45, 2.75) is 58.3 Å². The molecule has 6 rings (SSSR count). The molecule has 3 aromatic carbocycles. The predicted molar refractivity (Wildman–Crippen MR) is 140 cm³/mol. The molecule has 2 heteroatoms. The van der Waals surface area contributed by atoms with Crippen molar-refractivity contribution in [2.24, 2.45) is 0 Å². The number of pyridine rings is 1. The third-order valence-corrected chi connectivity index (χ3v) is 8.31. The van der Waals surface area contributed by atoms with Crippen LogP contribution in [0.15, 0.2) is 60.6 Å². The molecule has 0 fully saturated rings. The second-order valence-corrected chi connectivity index (χ2v) is 11.1. The maximum absolute atomic E-state index is 9.46. The minimum Gasteiger partial charge on any atom is -0.255 e. The van der Waals surface area contributed by atoms with E-state index in [-0.39, 0.29) is 69.2 Å². The van der Waals surface area contributed by atoms with Crippen molar-refractivity contribution < 1.29 is 12.3 Å². The van der Waals surface area contributed by atoms with Crippen LogP contribution in [0.2, 0.25) is 0 Å². The van der Waals surface area contributed by atoms with Crippen LogP contribution in [0.4, 0.5) is 0 Å². The second-order valence-electron chi connectivity index (χ2n) is 10.1. The summed E-state index contributed by atoms with van der Waals surface area (Å²) in [4.78, 5) is 4.41. The molecule has 0 bridgehead atoms. The highest BCUT2D eigenvalue weighted by Crippen LogP contribution is 2.51. The van der Waals surface area contributed by atoms with E-state index < -0.39 is 12.1 Å².